The summed E-state index contributed by atoms with van der Waals surface area (Å²) in [5.41, 5.74) is 0. The van der Waals surface area contributed by atoms with Gasteiger partial charge in [-0.2, -0.15) is 0 Å². The largest absolute Gasteiger partial charge is 0.481 e. The molecule has 0 amide bonds. The van der Waals surface area contributed by atoms with E-state index < -0.39 is 37.2 Å². The first-order chi connectivity index (χ1) is 8.32. The molecule has 3 N–H and O–H groups in total. The van der Waals surface area contributed by atoms with Gasteiger partial charge in [0.2, 0.25) is 12.9 Å². The molecule has 0 fully saturated rings. The van der Waals surface area contributed by atoms with Crippen molar-refractivity contribution >= 4 is 17.9 Å². The fourth-order valence-corrected chi connectivity index (χ4v) is 0.135. The highest BCUT2D eigenvalue weighted by molar-refractivity contribution is 5.63. The van der Waals surface area contributed by atoms with Crippen LogP contribution in [0.3, 0.4) is 0 Å². The molecule has 0 aromatic carbocycles. The predicted molar refractivity (Wildman–Crippen MR) is 56.6 cm³/mol. The Labute approximate surface area is 106 Å². The van der Waals surface area contributed by atoms with Crippen LogP contribution >= 0.6 is 0 Å². The minimum atomic E-state index is -2.88. The van der Waals surface area contributed by atoms with Gasteiger partial charge in [0.15, 0.2) is 0 Å². The standard InChI is InChI=1S/C3H4F4.3C2H4O2/c4-2(5)1-3(6)7;3*1-2(3)4/h2-3H,1H2;3*1H3,(H,3,4). The maximum Gasteiger partial charge on any atom is 0.300 e. The Morgan fingerprint density at radius 1 is 0.737 bits per heavy atom. The van der Waals surface area contributed by atoms with Gasteiger partial charge in [0.1, 0.15) is 0 Å². The van der Waals surface area contributed by atoms with E-state index in [0.29, 0.717) is 0 Å². The smallest absolute Gasteiger partial charge is 0.300 e. The first-order valence-electron chi connectivity index (χ1n) is 4.47. The van der Waals surface area contributed by atoms with Crippen LogP contribution in [-0.4, -0.2) is 46.1 Å². The Morgan fingerprint density at radius 3 is 0.842 bits per heavy atom. The zero-order valence-electron chi connectivity index (χ0n) is 10.4. The third-order valence-corrected chi connectivity index (χ3v) is 0.356. The Kier molecular flexibility index (Phi) is 25.2. The quantitative estimate of drug-likeness (QED) is 0.673. The van der Waals surface area contributed by atoms with E-state index in [-0.39, 0.29) is 0 Å². The average molecular weight is 296 g/mol. The zero-order valence-corrected chi connectivity index (χ0v) is 10.4. The summed E-state index contributed by atoms with van der Waals surface area (Å²) in [5.74, 6) is -2.50. The van der Waals surface area contributed by atoms with Gasteiger partial charge in [0.25, 0.3) is 17.9 Å². The minimum Gasteiger partial charge on any atom is -0.481 e. The lowest BCUT2D eigenvalue weighted by atomic mass is 10.5. The van der Waals surface area contributed by atoms with Crippen LogP contribution in [0.25, 0.3) is 0 Å². The second-order valence-electron chi connectivity index (χ2n) is 2.57. The fraction of sp³-hybridized carbons (Fsp3) is 0.667. The van der Waals surface area contributed by atoms with Gasteiger partial charge in [-0.05, 0) is 0 Å². The van der Waals surface area contributed by atoms with Gasteiger partial charge in [0, 0.05) is 20.8 Å². The van der Waals surface area contributed by atoms with E-state index in [1.165, 1.54) is 0 Å². The third-order valence-electron chi connectivity index (χ3n) is 0.356. The van der Waals surface area contributed by atoms with Gasteiger partial charge in [-0.3, -0.25) is 14.4 Å². The molecule has 0 bridgehead atoms. The minimum absolute atomic E-state index is 0.833. The molecular formula is C9H16F4O6. The van der Waals surface area contributed by atoms with E-state index in [2.05, 4.69) is 0 Å². The fourth-order valence-electron chi connectivity index (χ4n) is 0.135. The Bertz CT molecular complexity index is 198. The molecule has 19 heavy (non-hydrogen) atoms. The van der Waals surface area contributed by atoms with Crippen molar-refractivity contribution in [3.63, 3.8) is 0 Å². The lowest BCUT2D eigenvalue weighted by Gasteiger charge is -1.92. The van der Waals surface area contributed by atoms with Crippen LogP contribution in [0, 0.1) is 0 Å². The average Bonchev–Trinajstić information content (AvgIpc) is 1.95. The Hall–Kier alpha value is -1.87. The number of hydrogen-bond acceptors (Lipinski definition) is 3. The number of carboxylic acid groups (broad SMARTS) is 3. The normalized spacial score (nSPS) is 8.05. The number of aliphatic carboxylic acids is 3. The van der Waals surface area contributed by atoms with Gasteiger partial charge in [-0.15, -0.1) is 0 Å². The second kappa shape index (κ2) is 18.5. The van der Waals surface area contributed by atoms with E-state index in [9.17, 15) is 17.6 Å². The van der Waals surface area contributed by atoms with E-state index in [0.717, 1.165) is 20.8 Å². The first kappa shape index (κ1) is 25.9. The molecule has 116 valence electrons. The van der Waals surface area contributed by atoms with Crippen LogP contribution in [0.1, 0.15) is 27.2 Å². The van der Waals surface area contributed by atoms with Crippen molar-refractivity contribution in [3.05, 3.63) is 0 Å². The predicted octanol–water partition coefficient (Wildman–Crippen LogP) is 2.18. The molecule has 6 nitrogen and oxygen atoms in total. The van der Waals surface area contributed by atoms with Crippen molar-refractivity contribution in [3.8, 4) is 0 Å². The second-order valence-corrected chi connectivity index (χ2v) is 2.57. The summed E-state index contributed by atoms with van der Waals surface area (Å²) in [6.07, 6.45) is -7.06. The molecule has 0 atom stereocenters. The summed E-state index contributed by atoms with van der Waals surface area (Å²) in [4.78, 5) is 27.0. The van der Waals surface area contributed by atoms with E-state index in [1.807, 2.05) is 0 Å². The zero-order chi connectivity index (χ0) is 16.6. The first-order valence-corrected chi connectivity index (χ1v) is 4.47. The summed E-state index contributed by atoms with van der Waals surface area (Å²) in [6.45, 7) is 3.25. The van der Waals surface area contributed by atoms with Gasteiger partial charge < -0.3 is 15.3 Å². The van der Waals surface area contributed by atoms with Crippen molar-refractivity contribution in [2.75, 3.05) is 0 Å². The summed E-state index contributed by atoms with van der Waals surface area (Å²) in [6, 6.07) is 0. The maximum absolute atomic E-state index is 10.8. The number of carbonyl (C=O) groups is 3. The molecule has 0 saturated carbocycles. The number of carboxylic acids is 3. The van der Waals surface area contributed by atoms with Crippen molar-refractivity contribution < 1.29 is 47.3 Å². The van der Waals surface area contributed by atoms with Gasteiger partial charge >= 0.3 is 0 Å². The number of rotatable bonds is 2. The van der Waals surface area contributed by atoms with Crippen molar-refractivity contribution in [1.82, 2.24) is 0 Å². The molecule has 0 aromatic rings. The summed E-state index contributed by atoms with van der Waals surface area (Å²) in [5, 5.41) is 22.2. The van der Waals surface area contributed by atoms with Crippen LogP contribution in [0.5, 0.6) is 0 Å². The maximum atomic E-state index is 10.8. The molecule has 0 spiro atoms. The SMILES string of the molecule is CC(=O)O.CC(=O)O.CC(=O)O.FC(F)CC(F)F. The van der Waals surface area contributed by atoms with Crippen molar-refractivity contribution in [1.29, 1.82) is 0 Å². The van der Waals surface area contributed by atoms with Crippen LogP contribution in [0.15, 0.2) is 0 Å². The number of halogens is 4. The van der Waals surface area contributed by atoms with Crippen LogP contribution in [-0.2, 0) is 14.4 Å². The molecule has 0 aliphatic carbocycles. The van der Waals surface area contributed by atoms with Gasteiger partial charge in [0.05, 0.1) is 6.42 Å². The molecule has 0 aliphatic heterocycles. The van der Waals surface area contributed by atoms with Crippen LogP contribution in [0.2, 0.25) is 0 Å². The van der Waals surface area contributed by atoms with E-state index >= 15 is 0 Å². The number of hydrogen-bond donors (Lipinski definition) is 3. The third kappa shape index (κ3) is 710. The topological polar surface area (TPSA) is 112 Å². The molecule has 0 rings (SSSR count). The lowest BCUT2D eigenvalue weighted by Crippen LogP contribution is -1.98. The highest BCUT2D eigenvalue weighted by Crippen LogP contribution is 2.06. The van der Waals surface area contributed by atoms with Crippen LogP contribution in [0.4, 0.5) is 17.6 Å². The molecule has 0 unspecified atom stereocenters. The van der Waals surface area contributed by atoms with Gasteiger partial charge in [-0.1, -0.05) is 0 Å². The highest BCUT2D eigenvalue weighted by Gasteiger charge is 2.10. The van der Waals surface area contributed by atoms with E-state index in [1.54, 1.807) is 0 Å². The summed E-state index contributed by atoms with van der Waals surface area (Å²) >= 11 is 0. The molecule has 0 aromatic heterocycles. The Balaban J connectivity index is -0.0000000825. The molecule has 10 heteroatoms. The van der Waals surface area contributed by atoms with Crippen LogP contribution < -0.4 is 0 Å². The summed E-state index contributed by atoms with van der Waals surface area (Å²) in [7, 11) is 0. The lowest BCUT2D eigenvalue weighted by molar-refractivity contribution is -0.135. The van der Waals surface area contributed by atoms with Gasteiger partial charge in [-0.25, -0.2) is 17.6 Å². The van der Waals surface area contributed by atoms with Crippen molar-refractivity contribution in [2.45, 2.75) is 40.0 Å². The highest BCUT2D eigenvalue weighted by atomic mass is 19.3. The molecular weight excluding hydrogens is 280 g/mol. The molecule has 0 radical (unpaired) electrons. The number of alkyl halides is 4. The molecule has 0 saturated heterocycles. The molecule has 0 aliphatic rings. The summed E-state index contributed by atoms with van der Waals surface area (Å²) < 4.78 is 43.2. The molecule has 0 heterocycles. The monoisotopic (exact) mass is 296 g/mol. The van der Waals surface area contributed by atoms with E-state index in [4.69, 9.17) is 29.7 Å². The van der Waals surface area contributed by atoms with Crippen molar-refractivity contribution in [2.24, 2.45) is 0 Å². The Morgan fingerprint density at radius 2 is 0.842 bits per heavy atom.